The van der Waals surface area contributed by atoms with E-state index in [9.17, 15) is 0 Å². The molecule has 0 spiro atoms. The van der Waals surface area contributed by atoms with Crippen LogP contribution in [-0.4, -0.2) is 0 Å². The number of hydrogen-bond acceptors (Lipinski definition) is 0. The molecule has 0 unspecified atom stereocenters. The van der Waals surface area contributed by atoms with Crippen LogP contribution in [0.2, 0.25) is 0 Å². The van der Waals surface area contributed by atoms with Crippen molar-refractivity contribution in [1.82, 2.24) is 0 Å². The maximum atomic E-state index is 4.32. The van der Waals surface area contributed by atoms with Crippen LogP contribution in [0.3, 0.4) is 0 Å². The molecular weight excluding hydrogens is 288 g/mol. The number of aryl methyl sites for hydroxylation is 2. The van der Waals surface area contributed by atoms with Crippen LogP contribution >= 0.6 is 0 Å². The normalized spacial score (nSPS) is 10.4. The topological polar surface area (TPSA) is 0 Å². The van der Waals surface area contributed by atoms with Crippen molar-refractivity contribution in [2.75, 3.05) is 0 Å². The first-order valence-corrected chi connectivity index (χ1v) is 8.18. The average Bonchev–Trinajstić information content (AvgIpc) is 2.61. The first kappa shape index (κ1) is 16.0. The van der Waals surface area contributed by atoms with Crippen molar-refractivity contribution < 1.29 is 0 Å². The number of rotatable bonds is 4. The van der Waals surface area contributed by atoms with E-state index in [0.29, 0.717) is 0 Å². The largest absolute Gasteiger partial charge is 0.0905 e. The van der Waals surface area contributed by atoms with Crippen LogP contribution in [0.5, 0.6) is 0 Å². The smallest absolute Gasteiger partial charge is 0.0155 e. The Bertz CT molecular complexity index is 840. The van der Waals surface area contributed by atoms with Gasteiger partial charge in [-0.2, -0.15) is 0 Å². The van der Waals surface area contributed by atoms with Crippen molar-refractivity contribution in [2.24, 2.45) is 0 Å². The van der Waals surface area contributed by atoms with Gasteiger partial charge in [0.05, 0.1) is 0 Å². The second kappa shape index (κ2) is 6.72. The van der Waals surface area contributed by atoms with Crippen LogP contribution in [0.4, 0.5) is 0 Å². The predicted octanol–water partition coefficient (Wildman–Crippen LogP) is 6.43. The van der Waals surface area contributed by atoms with Gasteiger partial charge in [-0.25, -0.2) is 0 Å². The Hall–Kier alpha value is -2.86. The fraction of sp³-hybridized carbons (Fsp3) is 0.0833. The van der Waals surface area contributed by atoms with E-state index in [-0.39, 0.29) is 0 Å². The van der Waals surface area contributed by atoms with Crippen LogP contribution in [-0.2, 0) is 0 Å². The van der Waals surface area contributed by atoms with Crippen molar-refractivity contribution in [3.05, 3.63) is 119 Å². The van der Waals surface area contributed by atoms with Crippen LogP contribution < -0.4 is 0 Å². The molecule has 0 fully saturated rings. The van der Waals surface area contributed by atoms with Gasteiger partial charge in [-0.1, -0.05) is 79.9 Å². The van der Waals surface area contributed by atoms with E-state index >= 15 is 0 Å². The highest BCUT2D eigenvalue weighted by molar-refractivity contribution is 5.84. The highest BCUT2D eigenvalue weighted by Gasteiger charge is 2.09. The first-order chi connectivity index (χ1) is 11.6. The molecule has 0 bridgehead atoms. The van der Waals surface area contributed by atoms with Gasteiger partial charge in [-0.3, -0.25) is 0 Å². The van der Waals surface area contributed by atoms with Crippen LogP contribution in [0.15, 0.2) is 86.0 Å². The van der Waals surface area contributed by atoms with Crippen LogP contribution in [0, 0.1) is 13.8 Å². The van der Waals surface area contributed by atoms with E-state index in [1.807, 2.05) is 0 Å². The zero-order valence-corrected chi connectivity index (χ0v) is 14.3. The fourth-order valence-corrected chi connectivity index (χ4v) is 3.03. The van der Waals surface area contributed by atoms with Crippen molar-refractivity contribution >= 4 is 11.1 Å². The summed E-state index contributed by atoms with van der Waals surface area (Å²) in [6, 6.07) is 25.2. The molecule has 0 heterocycles. The van der Waals surface area contributed by atoms with E-state index in [1.165, 1.54) is 22.3 Å². The van der Waals surface area contributed by atoms with Crippen LogP contribution in [0.1, 0.15) is 33.4 Å². The summed E-state index contributed by atoms with van der Waals surface area (Å²) in [5.41, 5.74) is 9.23. The second-order valence-electron chi connectivity index (χ2n) is 6.17. The molecule has 0 radical (unpaired) electrons. The molecule has 0 atom stereocenters. The molecule has 0 heteroatoms. The zero-order valence-electron chi connectivity index (χ0n) is 14.3. The molecule has 0 aromatic heterocycles. The standard InChI is InChI=1S/C24H22/c1-17-10-5-7-14-23(17)19(3)21-12-9-13-22(16-21)20(4)24-15-8-6-11-18(24)2/h5-16H,3-4H2,1-2H3. The third-order valence-corrected chi connectivity index (χ3v) is 4.50. The minimum Gasteiger partial charge on any atom is -0.0905 e. The fourth-order valence-electron chi connectivity index (χ4n) is 3.03. The lowest BCUT2D eigenvalue weighted by Crippen LogP contribution is -1.93. The van der Waals surface area contributed by atoms with Gasteiger partial charge in [0.2, 0.25) is 0 Å². The molecule has 0 saturated carbocycles. The lowest BCUT2D eigenvalue weighted by Gasteiger charge is -2.13. The monoisotopic (exact) mass is 310 g/mol. The highest BCUT2D eigenvalue weighted by Crippen LogP contribution is 2.29. The maximum absolute atomic E-state index is 4.32. The van der Waals surface area contributed by atoms with Gasteiger partial charge >= 0.3 is 0 Å². The molecule has 0 aliphatic heterocycles. The van der Waals surface area contributed by atoms with Crippen molar-refractivity contribution in [2.45, 2.75) is 13.8 Å². The third-order valence-electron chi connectivity index (χ3n) is 4.50. The maximum Gasteiger partial charge on any atom is -0.0155 e. The number of hydrogen-bond donors (Lipinski definition) is 0. The Labute approximate surface area is 144 Å². The average molecular weight is 310 g/mol. The summed E-state index contributed by atoms with van der Waals surface area (Å²) in [5.74, 6) is 0. The minimum absolute atomic E-state index is 1.05. The molecule has 0 nitrogen and oxygen atoms in total. The van der Waals surface area contributed by atoms with Gasteiger partial charge in [0, 0.05) is 0 Å². The summed E-state index contributed by atoms with van der Waals surface area (Å²) in [7, 11) is 0. The summed E-state index contributed by atoms with van der Waals surface area (Å²) >= 11 is 0. The van der Waals surface area contributed by atoms with E-state index in [0.717, 1.165) is 22.3 Å². The van der Waals surface area contributed by atoms with Crippen molar-refractivity contribution in [3.8, 4) is 0 Å². The lowest BCUT2D eigenvalue weighted by atomic mass is 9.91. The van der Waals surface area contributed by atoms with E-state index < -0.39 is 0 Å². The summed E-state index contributed by atoms with van der Waals surface area (Å²) in [4.78, 5) is 0. The molecule has 3 rings (SSSR count). The molecule has 3 aromatic carbocycles. The van der Waals surface area contributed by atoms with Crippen molar-refractivity contribution in [3.63, 3.8) is 0 Å². The minimum atomic E-state index is 1.05. The van der Waals surface area contributed by atoms with Gasteiger partial charge in [-0.05, 0) is 64.4 Å². The molecule has 0 aliphatic rings. The van der Waals surface area contributed by atoms with Gasteiger partial charge < -0.3 is 0 Å². The van der Waals surface area contributed by atoms with Gasteiger partial charge in [0.1, 0.15) is 0 Å². The molecule has 0 amide bonds. The Morgan fingerprint density at radius 1 is 0.583 bits per heavy atom. The highest BCUT2D eigenvalue weighted by atomic mass is 14.1. The zero-order chi connectivity index (χ0) is 17.1. The molecule has 24 heavy (non-hydrogen) atoms. The van der Waals surface area contributed by atoms with Gasteiger partial charge in [-0.15, -0.1) is 0 Å². The third kappa shape index (κ3) is 3.09. The lowest BCUT2D eigenvalue weighted by molar-refractivity contribution is 1.40. The molecule has 118 valence electrons. The van der Waals surface area contributed by atoms with E-state index in [2.05, 4.69) is 99.8 Å². The molecule has 0 N–H and O–H groups in total. The molecule has 0 saturated heterocycles. The Morgan fingerprint density at radius 2 is 1.00 bits per heavy atom. The van der Waals surface area contributed by atoms with E-state index in [4.69, 9.17) is 0 Å². The second-order valence-corrected chi connectivity index (χ2v) is 6.17. The Balaban J connectivity index is 1.98. The quantitative estimate of drug-likeness (QED) is 0.521. The Kier molecular flexibility index (Phi) is 4.48. The Morgan fingerprint density at radius 3 is 1.42 bits per heavy atom. The van der Waals surface area contributed by atoms with Crippen LogP contribution in [0.25, 0.3) is 11.1 Å². The van der Waals surface area contributed by atoms with Crippen molar-refractivity contribution in [1.29, 1.82) is 0 Å². The predicted molar refractivity (Wildman–Crippen MR) is 105 cm³/mol. The first-order valence-electron chi connectivity index (χ1n) is 8.18. The molecule has 0 aliphatic carbocycles. The summed E-state index contributed by atoms with van der Waals surface area (Å²) < 4.78 is 0. The summed E-state index contributed by atoms with van der Waals surface area (Å²) in [5, 5.41) is 0. The number of benzene rings is 3. The van der Waals surface area contributed by atoms with E-state index in [1.54, 1.807) is 0 Å². The summed E-state index contributed by atoms with van der Waals surface area (Å²) in [6.07, 6.45) is 0. The van der Waals surface area contributed by atoms with Gasteiger partial charge in [0.15, 0.2) is 0 Å². The molecule has 3 aromatic rings. The van der Waals surface area contributed by atoms with Gasteiger partial charge in [0.25, 0.3) is 0 Å². The summed E-state index contributed by atoms with van der Waals surface area (Å²) in [6.45, 7) is 12.9. The SMILES string of the molecule is C=C(c1cccc(C(=C)c2ccccc2C)c1)c1ccccc1C. The molecular formula is C24H22.